The van der Waals surface area contributed by atoms with E-state index in [0.29, 0.717) is 5.69 Å². The van der Waals surface area contributed by atoms with E-state index in [9.17, 15) is 9.59 Å². The van der Waals surface area contributed by atoms with Crippen LogP contribution in [0.3, 0.4) is 0 Å². The van der Waals surface area contributed by atoms with Crippen molar-refractivity contribution in [2.45, 2.75) is 33.3 Å². The number of carbonyl (C=O) groups excluding carboxylic acids is 2. The van der Waals surface area contributed by atoms with Crippen LogP contribution in [0.4, 0.5) is 4.79 Å². The Morgan fingerprint density at radius 1 is 1.25 bits per heavy atom. The van der Waals surface area contributed by atoms with Crippen LogP contribution in [0.2, 0.25) is 10.2 Å². The zero-order valence-corrected chi connectivity index (χ0v) is 13.0. The number of pyridine rings is 1. The van der Waals surface area contributed by atoms with Crippen LogP contribution >= 0.6 is 23.2 Å². The molecular formula is C12H15Cl2N3O3. The van der Waals surface area contributed by atoms with Crippen molar-refractivity contribution in [3.8, 4) is 0 Å². The Morgan fingerprint density at radius 2 is 1.85 bits per heavy atom. The second kappa shape index (κ2) is 6.28. The fraction of sp³-hybridized carbons (Fsp3) is 0.417. The number of aromatic nitrogens is 1. The first-order chi connectivity index (χ1) is 9.10. The van der Waals surface area contributed by atoms with Gasteiger partial charge in [0.2, 0.25) is 0 Å². The molecule has 6 nitrogen and oxygen atoms in total. The molecule has 110 valence electrons. The monoisotopic (exact) mass is 319 g/mol. The van der Waals surface area contributed by atoms with E-state index in [4.69, 9.17) is 27.9 Å². The van der Waals surface area contributed by atoms with Gasteiger partial charge in [0.15, 0.2) is 0 Å². The zero-order chi connectivity index (χ0) is 15.5. The highest BCUT2D eigenvalue weighted by Gasteiger charge is 2.19. The fourth-order valence-electron chi connectivity index (χ4n) is 1.34. The van der Waals surface area contributed by atoms with Gasteiger partial charge in [-0.05, 0) is 33.8 Å². The first kappa shape index (κ1) is 16.5. The molecule has 1 heterocycles. The Morgan fingerprint density at radius 3 is 2.35 bits per heavy atom. The third-order valence-electron chi connectivity index (χ3n) is 2.03. The van der Waals surface area contributed by atoms with E-state index >= 15 is 0 Å². The highest BCUT2D eigenvalue weighted by atomic mass is 35.5. The van der Waals surface area contributed by atoms with E-state index < -0.39 is 17.6 Å². The molecule has 0 saturated heterocycles. The van der Waals surface area contributed by atoms with Crippen LogP contribution in [-0.4, -0.2) is 22.6 Å². The molecule has 1 aromatic heterocycles. The van der Waals surface area contributed by atoms with Crippen LogP contribution < -0.4 is 10.9 Å². The molecule has 0 radical (unpaired) electrons. The second-order valence-corrected chi connectivity index (χ2v) is 5.76. The maximum atomic E-state index is 11.9. The SMILES string of the molecule is Cc1nc(Cl)cc(Cl)c1C(=O)NNC(=O)OC(C)(C)C. The lowest BCUT2D eigenvalue weighted by Crippen LogP contribution is -2.44. The van der Waals surface area contributed by atoms with E-state index in [1.54, 1.807) is 27.7 Å². The molecule has 0 saturated carbocycles. The first-order valence-corrected chi connectivity index (χ1v) is 6.47. The standard InChI is InChI=1S/C12H15Cl2N3O3/c1-6-9(7(13)5-8(14)15-6)10(18)16-17-11(19)20-12(2,3)4/h5H,1-4H3,(H,16,18)(H,17,19). The van der Waals surface area contributed by atoms with E-state index in [0.717, 1.165) is 0 Å². The average molecular weight is 320 g/mol. The summed E-state index contributed by atoms with van der Waals surface area (Å²) in [7, 11) is 0. The van der Waals surface area contributed by atoms with Crippen LogP contribution in [0, 0.1) is 6.92 Å². The minimum absolute atomic E-state index is 0.132. The normalized spacial score (nSPS) is 10.9. The quantitative estimate of drug-likeness (QED) is 0.616. The smallest absolute Gasteiger partial charge is 0.426 e. The largest absolute Gasteiger partial charge is 0.443 e. The molecule has 0 bridgehead atoms. The summed E-state index contributed by atoms with van der Waals surface area (Å²) in [5, 5.41) is 0.329. The van der Waals surface area contributed by atoms with Gasteiger partial charge < -0.3 is 4.74 Å². The van der Waals surface area contributed by atoms with Crippen molar-refractivity contribution in [2.75, 3.05) is 0 Å². The number of aryl methyl sites for hydroxylation is 1. The van der Waals surface area contributed by atoms with Crippen molar-refractivity contribution < 1.29 is 14.3 Å². The summed E-state index contributed by atoms with van der Waals surface area (Å²) in [6.45, 7) is 6.70. The lowest BCUT2D eigenvalue weighted by Gasteiger charge is -2.20. The number of ether oxygens (including phenoxy) is 1. The van der Waals surface area contributed by atoms with Crippen LogP contribution in [0.5, 0.6) is 0 Å². The number of nitrogens with one attached hydrogen (secondary N) is 2. The number of hydrogen-bond acceptors (Lipinski definition) is 4. The van der Waals surface area contributed by atoms with Crippen LogP contribution in [0.15, 0.2) is 6.07 Å². The third-order valence-corrected chi connectivity index (χ3v) is 2.52. The molecule has 0 aliphatic heterocycles. The van der Waals surface area contributed by atoms with Crippen LogP contribution in [-0.2, 0) is 4.74 Å². The number of hydrazine groups is 1. The Bertz CT molecular complexity index is 518. The topological polar surface area (TPSA) is 80.3 Å². The highest BCUT2D eigenvalue weighted by Crippen LogP contribution is 2.21. The lowest BCUT2D eigenvalue weighted by molar-refractivity contribution is 0.0483. The van der Waals surface area contributed by atoms with Gasteiger partial charge in [0.05, 0.1) is 16.3 Å². The molecule has 0 unspecified atom stereocenters. The number of rotatable bonds is 1. The lowest BCUT2D eigenvalue weighted by atomic mass is 10.2. The third kappa shape index (κ3) is 4.86. The highest BCUT2D eigenvalue weighted by molar-refractivity contribution is 6.36. The van der Waals surface area contributed by atoms with Gasteiger partial charge >= 0.3 is 6.09 Å². The number of halogens is 2. The summed E-state index contributed by atoms with van der Waals surface area (Å²) in [6, 6.07) is 1.35. The summed E-state index contributed by atoms with van der Waals surface area (Å²) >= 11 is 11.6. The molecule has 2 amide bonds. The number of hydrogen-bond donors (Lipinski definition) is 2. The Hall–Kier alpha value is -1.53. The zero-order valence-electron chi connectivity index (χ0n) is 11.5. The summed E-state index contributed by atoms with van der Waals surface area (Å²) in [6.07, 6.45) is -0.776. The Labute approximate surface area is 126 Å². The van der Waals surface area contributed by atoms with Gasteiger partial charge in [-0.25, -0.2) is 15.2 Å². The maximum absolute atomic E-state index is 11.9. The molecular weight excluding hydrogens is 305 g/mol. The van der Waals surface area contributed by atoms with Gasteiger partial charge in [0, 0.05) is 0 Å². The molecule has 0 fully saturated rings. The van der Waals surface area contributed by atoms with Gasteiger partial charge in [0.1, 0.15) is 10.8 Å². The molecule has 2 N–H and O–H groups in total. The summed E-state index contributed by atoms with van der Waals surface area (Å²) in [5.74, 6) is -0.609. The van der Waals surface area contributed by atoms with Crippen molar-refractivity contribution in [3.05, 3.63) is 27.5 Å². The molecule has 0 aliphatic rings. The van der Waals surface area contributed by atoms with Crippen LogP contribution in [0.25, 0.3) is 0 Å². The Kier molecular flexibility index (Phi) is 5.19. The van der Waals surface area contributed by atoms with Crippen molar-refractivity contribution in [1.29, 1.82) is 0 Å². The van der Waals surface area contributed by atoms with Gasteiger partial charge in [-0.15, -0.1) is 0 Å². The molecule has 20 heavy (non-hydrogen) atoms. The van der Waals surface area contributed by atoms with Crippen molar-refractivity contribution in [3.63, 3.8) is 0 Å². The molecule has 1 aromatic rings. The van der Waals surface area contributed by atoms with E-state index in [-0.39, 0.29) is 15.7 Å². The van der Waals surface area contributed by atoms with Gasteiger partial charge in [0.25, 0.3) is 5.91 Å². The van der Waals surface area contributed by atoms with Crippen LogP contribution in [0.1, 0.15) is 36.8 Å². The minimum Gasteiger partial charge on any atom is -0.443 e. The fourth-order valence-corrected chi connectivity index (χ4v) is 1.96. The van der Waals surface area contributed by atoms with Gasteiger partial charge in [-0.3, -0.25) is 10.2 Å². The molecule has 0 aliphatic carbocycles. The van der Waals surface area contributed by atoms with Crippen molar-refractivity contribution in [2.24, 2.45) is 0 Å². The molecule has 8 heteroatoms. The average Bonchev–Trinajstić information content (AvgIpc) is 2.22. The van der Waals surface area contributed by atoms with Crippen molar-refractivity contribution >= 4 is 35.2 Å². The van der Waals surface area contributed by atoms with E-state index in [1.807, 2.05) is 0 Å². The van der Waals surface area contributed by atoms with Gasteiger partial charge in [-0.2, -0.15) is 0 Å². The predicted molar refractivity (Wildman–Crippen MR) is 75.8 cm³/mol. The van der Waals surface area contributed by atoms with Crippen molar-refractivity contribution in [1.82, 2.24) is 15.8 Å². The molecule has 0 atom stereocenters. The Balaban J connectivity index is 2.71. The van der Waals surface area contributed by atoms with E-state index in [1.165, 1.54) is 6.07 Å². The predicted octanol–water partition coefficient (Wildman–Crippen LogP) is 2.87. The second-order valence-electron chi connectivity index (χ2n) is 4.97. The molecule has 0 aromatic carbocycles. The molecule has 0 spiro atoms. The summed E-state index contributed by atoms with van der Waals surface area (Å²) in [4.78, 5) is 27.2. The number of carbonyl (C=O) groups is 2. The molecule has 1 rings (SSSR count). The first-order valence-electron chi connectivity index (χ1n) is 5.72. The summed E-state index contributed by atoms with van der Waals surface area (Å²) in [5.41, 5.74) is 4.14. The summed E-state index contributed by atoms with van der Waals surface area (Å²) < 4.78 is 4.97. The maximum Gasteiger partial charge on any atom is 0.426 e. The number of amides is 2. The van der Waals surface area contributed by atoms with Gasteiger partial charge in [-0.1, -0.05) is 23.2 Å². The van der Waals surface area contributed by atoms with E-state index in [2.05, 4.69) is 15.8 Å². The minimum atomic E-state index is -0.776. The number of nitrogens with zero attached hydrogens (tertiary/aromatic N) is 1.